The second-order valence-corrected chi connectivity index (χ2v) is 8.83. The van der Waals surface area contributed by atoms with E-state index >= 15 is 0 Å². The minimum Gasteiger partial charge on any atom is -0.382 e. The molecule has 0 amide bonds. The van der Waals surface area contributed by atoms with E-state index in [-0.39, 0.29) is 5.41 Å². The van der Waals surface area contributed by atoms with Gasteiger partial charge < -0.3 is 28.4 Å². The predicted molar refractivity (Wildman–Crippen MR) is 145 cm³/mol. The van der Waals surface area contributed by atoms with Crippen LogP contribution < -0.4 is 0 Å². The van der Waals surface area contributed by atoms with Gasteiger partial charge in [0, 0.05) is 44.0 Å². The molecule has 2 aromatic rings. The van der Waals surface area contributed by atoms with Gasteiger partial charge in [-0.15, -0.1) is 12.8 Å². The zero-order chi connectivity index (χ0) is 26.3. The molecule has 1 aliphatic carbocycles. The van der Waals surface area contributed by atoms with E-state index in [9.17, 15) is 0 Å². The van der Waals surface area contributed by atoms with Crippen molar-refractivity contribution in [3.8, 4) is 35.8 Å². The molecule has 0 fully saturated rings. The summed E-state index contributed by atoms with van der Waals surface area (Å²) >= 11 is 0. The van der Waals surface area contributed by atoms with Crippen LogP contribution in [0.3, 0.4) is 0 Å². The smallest absolute Gasteiger partial charge is 0.0701 e. The zero-order valence-corrected chi connectivity index (χ0v) is 22.1. The van der Waals surface area contributed by atoms with Crippen molar-refractivity contribution in [2.45, 2.75) is 18.3 Å². The summed E-state index contributed by atoms with van der Waals surface area (Å²) in [5.74, 6) is 5.59. The lowest BCUT2D eigenvalue weighted by Crippen LogP contribution is -2.30. The molecule has 6 nitrogen and oxygen atoms in total. The van der Waals surface area contributed by atoms with Gasteiger partial charge >= 0.3 is 0 Å². The Balaban J connectivity index is 1.78. The number of hydrogen-bond donors (Lipinski definition) is 0. The van der Waals surface area contributed by atoms with Gasteiger partial charge in [-0.2, -0.15) is 0 Å². The topological polar surface area (TPSA) is 55.4 Å². The highest BCUT2D eigenvalue weighted by molar-refractivity contribution is 5.82. The highest BCUT2D eigenvalue weighted by Crippen LogP contribution is 2.53. The molecule has 37 heavy (non-hydrogen) atoms. The van der Waals surface area contributed by atoms with Crippen LogP contribution in [0, 0.1) is 24.7 Å². The largest absolute Gasteiger partial charge is 0.382 e. The first-order chi connectivity index (χ1) is 18.2. The Labute approximate surface area is 221 Å². The summed E-state index contributed by atoms with van der Waals surface area (Å²) in [6.45, 7) is 5.47. The first kappa shape index (κ1) is 28.9. The van der Waals surface area contributed by atoms with Gasteiger partial charge in [-0.25, -0.2) is 0 Å². The molecule has 0 aromatic heterocycles. The Hall–Kier alpha value is -2.68. The summed E-state index contributed by atoms with van der Waals surface area (Å²) in [7, 11) is 3.32. The highest BCUT2D eigenvalue weighted by Gasteiger charge is 2.43. The van der Waals surface area contributed by atoms with Crippen LogP contribution in [0.25, 0.3) is 11.1 Å². The second kappa shape index (κ2) is 15.5. The molecule has 6 heteroatoms. The quantitative estimate of drug-likeness (QED) is 0.225. The molecule has 3 rings (SSSR count). The lowest BCUT2D eigenvalue weighted by atomic mass is 9.72. The SMILES string of the molecule is C#Cc1ccc2c(c1)C(CCOCCOCCOC)(CCOCCOCCOC)c1cc(C#C)ccc1-2. The Morgan fingerprint density at radius 2 is 0.946 bits per heavy atom. The van der Waals surface area contributed by atoms with Crippen LogP contribution in [0.15, 0.2) is 36.4 Å². The first-order valence-corrected chi connectivity index (χ1v) is 12.7. The van der Waals surface area contributed by atoms with Gasteiger partial charge in [-0.1, -0.05) is 24.0 Å². The number of methoxy groups -OCH3 is 2. The molecule has 0 aliphatic heterocycles. The third-order valence-electron chi connectivity index (χ3n) is 6.65. The van der Waals surface area contributed by atoms with Crippen LogP contribution in [0.1, 0.15) is 35.1 Å². The fourth-order valence-corrected chi connectivity index (χ4v) is 4.76. The van der Waals surface area contributed by atoms with E-state index in [4.69, 9.17) is 41.3 Å². The molecular formula is C31H38O6. The molecule has 0 spiro atoms. The van der Waals surface area contributed by atoms with Gasteiger partial charge in [0.15, 0.2) is 0 Å². The minimum atomic E-state index is -0.335. The number of ether oxygens (including phenoxy) is 6. The van der Waals surface area contributed by atoms with E-state index in [1.165, 1.54) is 22.3 Å². The maximum Gasteiger partial charge on any atom is 0.0701 e. The van der Waals surface area contributed by atoms with E-state index in [2.05, 4.69) is 36.1 Å². The number of benzene rings is 2. The average molecular weight is 507 g/mol. The van der Waals surface area contributed by atoms with E-state index < -0.39 is 0 Å². The van der Waals surface area contributed by atoms with Crippen LogP contribution in [-0.2, 0) is 33.8 Å². The standard InChI is InChI=1S/C31H38O6/c1-5-25-7-9-27-28-10-8-26(6-2)24-30(28)31(29(27)23-25,11-13-34-19-21-36-17-15-32-3)12-14-35-20-22-37-18-16-33-4/h1-2,7-10,23-24H,11-22H2,3-4H3. The zero-order valence-electron chi connectivity index (χ0n) is 22.1. The maximum atomic E-state index is 6.01. The van der Waals surface area contributed by atoms with Crippen molar-refractivity contribution in [1.29, 1.82) is 0 Å². The number of fused-ring (bicyclic) bond motifs is 3. The van der Waals surface area contributed by atoms with Crippen LogP contribution >= 0.6 is 0 Å². The van der Waals surface area contributed by atoms with E-state index in [0.717, 1.165) is 24.0 Å². The van der Waals surface area contributed by atoms with Gasteiger partial charge in [0.05, 0.1) is 52.9 Å². The van der Waals surface area contributed by atoms with Crippen LogP contribution in [-0.4, -0.2) is 80.3 Å². The molecule has 0 saturated carbocycles. The lowest BCUT2D eigenvalue weighted by molar-refractivity contribution is 0.0145. The Morgan fingerprint density at radius 3 is 1.32 bits per heavy atom. The molecule has 0 unspecified atom stereocenters. The Bertz CT molecular complexity index is 979. The van der Waals surface area contributed by atoms with Gasteiger partial charge in [-0.05, 0) is 59.4 Å². The monoisotopic (exact) mass is 506 g/mol. The van der Waals surface area contributed by atoms with Crippen molar-refractivity contribution in [2.24, 2.45) is 0 Å². The van der Waals surface area contributed by atoms with E-state index in [1.807, 2.05) is 12.1 Å². The van der Waals surface area contributed by atoms with Crippen LogP contribution in [0.5, 0.6) is 0 Å². The highest BCUT2D eigenvalue weighted by atomic mass is 16.5. The van der Waals surface area contributed by atoms with E-state index in [0.29, 0.717) is 66.1 Å². The summed E-state index contributed by atoms with van der Waals surface area (Å²) in [5.41, 5.74) is 6.14. The molecule has 0 N–H and O–H groups in total. The summed E-state index contributed by atoms with van der Waals surface area (Å²) in [6.07, 6.45) is 13.1. The van der Waals surface area contributed by atoms with E-state index in [1.54, 1.807) is 14.2 Å². The molecule has 0 radical (unpaired) electrons. The number of rotatable bonds is 18. The summed E-state index contributed by atoms with van der Waals surface area (Å²) in [5, 5.41) is 0. The molecular weight excluding hydrogens is 468 g/mol. The van der Waals surface area contributed by atoms with Crippen LogP contribution in [0.2, 0.25) is 0 Å². The molecule has 2 aromatic carbocycles. The Kier molecular flexibility index (Phi) is 12.1. The van der Waals surface area contributed by atoms with Gasteiger partial charge in [-0.3, -0.25) is 0 Å². The van der Waals surface area contributed by atoms with Gasteiger partial charge in [0.2, 0.25) is 0 Å². The Morgan fingerprint density at radius 1 is 0.568 bits per heavy atom. The predicted octanol–water partition coefficient (Wildman–Crippen LogP) is 4.06. The summed E-state index contributed by atoms with van der Waals surface area (Å²) in [6, 6.07) is 12.5. The third kappa shape index (κ3) is 7.66. The third-order valence-corrected chi connectivity index (χ3v) is 6.65. The molecule has 0 heterocycles. The minimum absolute atomic E-state index is 0.335. The average Bonchev–Trinajstić information content (AvgIpc) is 3.20. The van der Waals surface area contributed by atoms with Crippen molar-refractivity contribution in [3.05, 3.63) is 58.7 Å². The van der Waals surface area contributed by atoms with Crippen LogP contribution in [0.4, 0.5) is 0 Å². The summed E-state index contributed by atoms with van der Waals surface area (Å²) in [4.78, 5) is 0. The fourth-order valence-electron chi connectivity index (χ4n) is 4.76. The maximum absolute atomic E-state index is 6.01. The molecule has 1 aliphatic rings. The molecule has 0 saturated heterocycles. The molecule has 198 valence electrons. The van der Waals surface area contributed by atoms with Crippen molar-refractivity contribution >= 4 is 0 Å². The van der Waals surface area contributed by atoms with Crippen molar-refractivity contribution in [3.63, 3.8) is 0 Å². The molecule has 0 bridgehead atoms. The summed E-state index contributed by atoms with van der Waals surface area (Å²) < 4.78 is 33.1. The lowest BCUT2D eigenvalue weighted by Gasteiger charge is -2.32. The van der Waals surface area contributed by atoms with Gasteiger partial charge in [0.25, 0.3) is 0 Å². The van der Waals surface area contributed by atoms with Gasteiger partial charge in [0.1, 0.15) is 0 Å². The van der Waals surface area contributed by atoms with Crippen molar-refractivity contribution in [2.75, 3.05) is 80.3 Å². The van der Waals surface area contributed by atoms with Crippen molar-refractivity contribution in [1.82, 2.24) is 0 Å². The number of terminal acetylenes is 2. The molecule has 0 atom stereocenters. The normalized spacial score (nSPS) is 13.1. The fraction of sp³-hybridized carbons (Fsp3) is 0.484. The first-order valence-electron chi connectivity index (χ1n) is 12.7. The second-order valence-electron chi connectivity index (χ2n) is 8.83. The van der Waals surface area contributed by atoms with Crippen molar-refractivity contribution < 1.29 is 28.4 Å². The number of hydrogen-bond acceptors (Lipinski definition) is 6.